The normalized spacial score (nSPS) is 22.1. The highest BCUT2D eigenvalue weighted by atomic mass is 35.5. The Morgan fingerprint density at radius 2 is 2.29 bits per heavy atom. The van der Waals surface area contributed by atoms with Gasteiger partial charge in [-0.25, -0.2) is 8.42 Å². The van der Waals surface area contributed by atoms with Gasteiger partial charge in [0.05, 0.1) is 17.9 Å². The van der Waals surface area contributed by atoms with E-state index in [0.717, 1.165) is 5.56 Å². The van der Waals surface area contributed by atoms with Crippen LogP contribution >= 0.6 is 11.6 Å². The number of nitrogens with one attached hydrogen (secondary N) is 1. The van der Waals surface area contributed by atoms with Crippen molar-refractivity contribution in [3.63, 3.8) is 0 Å². The number of rotatable bonds is 5. The van der Waals surface area contributed by atoms with Gasteiger partial charge in [-0.1, -0.05) is 23.7 Å². The van der Waals surface area contributed by atoms with Gasteiger partial charge in [-0.05, 0) is 24.6 Å². The van der Waals surface area contributed by atoms with Gasteiger partial charge in [-0.3, -0.25) is 0 Å². The molecule has 2 rings (SSSR count). The number of piperazine rings is 1. The minimum Gasteiger partial charge on any atom is -0.383 e. The molecular formula is C14H21ClN2O3S. The number of sulfonamides is 1. The molecule has 7 heteroatoms. The van der Waals surface area contributed by atoms with Gasteiger partial charge >= 0.3 is 0 Å². The van der Waals surface area contributed by atoms with Crippen molar-refractivity contribution < 1.29 is 13.2 Å². The first kappa shape index (κ1) is 16.7. The van der Waals surface area contributed by atoms with Crippen LogP contribution in [0.5, 0.6) is 0 Å². The zero-order valence-corrected chi connectivity index (χ0v) is 13.8. The Hall–Kier alpha value is -0.660. The highest BCUT2D eigenvalue weighted by molar-refractivity contribution is 7.89. The van der Waals surface area contributed by atoms with Crippen LogP contribution in [0.4, 0.5) is 0 Å². The molecule has 0 spiro atoms. The van der Waals surface area contributed by atoms with Crippen LogP contribution < -0.4 is 5.32 Å². The van der Waals surface area contributed by atoms with Crippen molar-refractivity contribution in [1.82, 2.24) is 9.62 Å². The number of hydrogen-bond acceptors (Lipinski definition) is 4. The molecule has 0 bridgehead atoms. The van der Waals surface area contributed by atoms with Crippen LogP contribution in [-0.2, 0) is 14.8 Å². The first-order valence-electron chi connectivity index (χ1n) is 6.92. The Kier molecular flexibility index (Phi) is 5.62. The fourth-order valence-electron chi connectivity index (χ4n) is 2.54. The van der Waals surface area contributed by atoms with Crippen molar-refractivity contribution in [2.24, 2.45) is 0 Å². The van der Waals surface area contributed by atoms with Crippen molar-refractivity contribution in [3.05, 3.63) is 34.9 Å². The molecule has 2 unspecified atom stereocenters. The molecular weight excluding hydrogens is 312 g/mol. The van der Waals surface area contributed by atoms with Crippen molar-refractivity contribution >= 4 is 21.6 Å². The molecule has 0 radical (unpaired) electrons. The van der Waals surface area contributed by atoms with E-state index in [9.17, 15) is 8.42 Å². The van der Waals surface area contributed by atoms with E-state index in [0.29, 0.717) is 24.7 Å². The first-order valence-corrected chi connectivity index (χ1v) is 8.80. The summed E-state index contributed by atoms with van der Waals surface area (Å²) in [6.07, 6.45) is 0. The van der Waals surface area contributed by atoms with E-state index in [2.05, 4.69) is 5.32 Å². The van der Waals surface area contributed by atoms with Crippen LogP contribution in [0.1, 0.15) is 18.5 Å². The second kappa shape index (κ2) is 7.07. The summed E-state index contributed by atoms with van der Waals surface area (Å²) in [7, 11) is -1.90. The number of hydrogen-bond donors (Lipinski definition) is 1. The monoisotopic (exact) mass is 332 g/mol. The standard InChI is InChI=1S/C14H21ClN2O3S/c1-11(10-20-2)21(18,19)17-7-6-16-9-14(17)12-4-3-5-13(15)8-12/h3-5,8,11,14,16H,6-7,9-10H2,1-2H3. The van der Waals surface area contributed by atoms with Crippen molar-refractivity contribution in [1.29, 1.82) is 0 Å². The number of nitrogens with zero attached hydrogens (tertiary/aromatic N) is 1. The lowest BCUT2D eigenvalue weighted by atomic mass is 10.1. The Balaban J connectivity index is 2.31. The molecule has 0 aliphatic carbocycles. The molecule has 0 aromatic heterocycles. The summed E-state index contributed by atoms with van der Waals surface area (Å²) < 4.78 is 32.0. The maximum atomic E-state index is 12.7. The summed E-state index contributed by atoms with van der Waals surface area (Å²) in [6, 6.07) is 7.13. The highest BCUT2D eigenvalue weighted by Gasteiger charge is 2.36. The number of halogens is 1. The van der Waals surface area contributed by atoms with Crippen molar-refractivity contribution in [3.8, 4) is 0 Å². The van der Waals surface area contributed by atoms with Gasteiger partial charge in [0.2, 0.25) is 10.0 Å². The minimum absolute atomic E-state index is 0.189. The SMILES string of the molecule is COCC(C)S(=O)(=O)N1CCNCC1c1cccc(Cl)c1. The average Bonchev–Trinajstić information content (AvgIpc) is 2.47. The van der Waals surface area contributed by atoms with Crippen molar-refractivity contribution in [2.45, 2.75) is 18.2 Å². The summed E-state index contributed by atoms with van der Waals surface area (Å²) in [5.41, 5.74) is 0.905. The van der Waals surface area contributed by atoms with E-state index in [1.165, 1.54) is 7.11 Å². The van der Waals surface area contributed by atoms with Gasteiger partial charge < -0.3 is 10.1 Å². The van der Waals surface area contributed by atoms with Crippen LogP contribution in [0.2, 0.25) is 5.02 Å². The molecule has 118 valence electrons. The van der Waals surface area contributed by atoms with Crippen LogP contribution in [0, 0.1) is 0 Å². The third kappa shape index (κ3) is 3.76. The lowest BCUT2D eigenvalue weighted by Gasteiger charge is -2.37. The summed E-state index contributed by atoms with van der Waals surface area (Å²) in [5.74, 6) is 0. The fourth-order valence-corrected chi connectivity index (χ4v) is 4.41. The Bertz CT molecular complexity index is 579. The van der Waals surface area contributed by atoms with Gasteiger partial charge in [0, 0.05) is 31.8 Å². The number of methoxy groups -OCH3 is 1. The summed E-state index contributed by atoms with van der Waals surface area (Å²) >= 11 is 6.03. The van der Waals surface area contributed by atoms with Crippen LogP contribution in [0.3, 0.4) is 0 Å². The van der Waals surface area contributed by atoms with Crippen LogP contribution in [-0.4, -0.2) is 51.3 Å². The molecule has 1 saturated heterocycles. The average molecular weight is 333 g/mol. The van der Waals surface area contributed by atoms with Gasteiger partial charge in [-0.15, -0.1) is 0 Å². The van der Waals surface area contributed by atoms with Gasteiger partial charge in [0.1, 0.15) is 0 Å². The van der Waals surface area contributed by atoms with Gasteiger partial charge in [-0.2, -0.15) is 4.31 Å². The molecule has 5 nitrogen and oxygen atoms in total. The van der Waals surface area contributed by atoms with E-state index >= 15 is 0 Å². The summed E-state index contributed by atoms with van der Waals surface area (Å²) in [4.78, 5) is 0. The molecule has 1 fully saturated rings. The molecule has 1 N–H and O–H groups in total. The van der Waals surface area contributed by atoms with Gasteiger partial charge in [0.15, 0.2) is 0 Å². The summed E-state index contributed by atoms with van der Waals surface area (Å²) in [5, 5.41) is 3.29. The van der Waals surface area contributed by atoms with E-state index in [4.69, 9.17) is 16.3 Å². The Morgan fingerprint density at radius 3 is 2.95 bits per heavy atom. The fraction of sp³-hybridized carbons (Fsp3) is 0.571. The summed E-state index contributed by atoms with van der Waals surface area (Å²) in [6.45, 7) is 3.55. The molecule has 2 atom stereocenters. The largest absolute Gasteiger partial charge is 0.383 e. The van der Waals surface area contributed by atoms with Crippen molar-refractivity contribution in [2.75, 3.05) is 33.4 Å². The second-order valence-electron chi connectivity index (χ2n) is 5.20. The molecule has 0 amide bonds. The van der Waals surface area contributed by atoms with E-state index < -0.39 is 15.3 Å². The van der Waals surface area contributed by atoms with E-state index in [-0.39, 0.29) is 12.6 Å². The molecule has 1 aromatic rings. The van der Waals surface area contributed by atoms with E-state index in [1.54, 1.807) is 17.3 Å². The minimum atomic E-state index is -3.41. The Morgan fingerprint density at radius 1 is 1.52 bits per heavy atom. The molecule has 1 aliphatic heterocycles. The maximum Gasteiger partial charge on any atom is 0.219 e. The second-order valence-corrected chi connectivity index (χ2v) is 7.94. The predicted octanol–water partition coefficient (Wildman–Crippen LogP) is 1.65. The first-order chi connectivity index (χ1) is 9.96. The highest BCUT2D eigenvalue weighted by Crippen LogP contribution is 2.28. The van der Waals surface area contributed by atoms with Crippen LogP contribution in [0.15, 0.2) is 24.3 Å². The lowest BCUT2D eigenvalue weighted by Crippen LogP contribution is -2.51. The predicted molar refractivity (Wildman–Crippen MR) is 84.0 cm³/mol. The number of benzene rings is 1. The van der Waals surface area contributed by atoms with Gasteiger partial charge in [0.25, 0.3) is 0 Å². The third-order valence-corrected chi connectivity index (χ3v) is 6.14. The molecule has 1 aliphatic rings. The van der Waals surface area contributed by atoms with E-state index in [1.807, 2.05) is 18.2 Å². The molecule has 1 heterocycles. The zero-order valence-electron chi connectivity index (χ0n) is 12.3. The third-order valence-electron chi connectivity index (χ3n) is 3.66. The quantitative estimate of drug-likeness (QED) is 0.890. The Labute approximate surface area is 131 Å². The maximum absolute atomic E-state index is 12.7. The molecule has 21 heavy (non-hydrogen) atoms. The topological polar surface area (TPSA) is 58.6 Å². The van der Waals surface area contributed by atoms with Crippen LogP contribution in [0.25, 0.3) is 0 Å². The smallest absolute Gasteiger partial charge is 0.219 e. The molecule has 0 saturated carbocycles. The zero-order chi connectivity index (χ0) is 15.5. The molecule has 1 aromatic carbocycles. The number of ether oxygens (including phenoxy) is 1. The lowest BCUT2D eigenvalue weighted by molar-refractivity contribution is 0.194.